The summed E-state index contributed by atoms with van der Waals surface area (Å²) in [5.41, 5.74) is 2.10. The van der Waals surface area contributed by atoms with E-state index < -0.39 is 18.2 Å². The Hall–Kier alpha value is -2.37. The third-order valence-electron chi connectivity index (χ3n) is 3.47. The van der Waals surface area contributed by atoms with Gasteiger partial charge in [-0.3, -0.25) is 0 Å². The number of oxime groups is 1. The van der Waals surface area contributed by atoms with Crippen LogP contribution in [0.5, 0.6) is 0 Å². The molecule has 0 aromatic heterocycles. The number of rotatable bonds is 7. The molecule has 2 aromatic rings. The first kappa shape index (κ1) is 18.0. The predicted molar refractivity (Wildman–Crippen MR) is 92.4 cm³/mol. The van der Waals surface area contributed by atoms with Crippen LogP contribution in [-0.2, 0) is 14.4 Å². The molecule has 0 saturated carbocycles. The highest BCUT2D eigenvalue weighted by molar-refractivity contribution is 6.30. The van der Waals surface area contributed by atoms with E-state index in [9.17, 15) is 9.90 Å². The number of carbonyl (C=O) groups is 1. The first-order valence-corrected chi connectivity index (χ1v) is 7.70. The molecule has 0 amide bonds. The molecular weight excluding hydrogens is 330 g/mol. The Bertz CT molecular complexity index is 715. The van der Waals surface area contributed by atoms with E-state index in [0.717, 1.165) is 5.56 Å². The number of halogens is 1. The largest absolute Gasteiger partial charge is 0.479 e. The molecule has 0 spiro atoms. The van der Waals surface area contributed by atoms with Crippen molar-refractivity contribution >= 4 is 23.8 Å². The molecule has 0 radical (unpaired) electrons. The molecular formula is C18H18ClNO4. The number of aliphatic carboxylic acids is 1. The van der Waals surface area contributed by atoms with Crippen molar-refractivity contribution in [1.82, 2.24) is 0 Å². The van der Waals surface area contributed by atoms with Crippen LogP contribution in [0.15, 0.2) is 53.7 Å². The van der Waals surface area contributed by atoms with Gasteiger partial charge < -0.3 is 14.7 Å². The zero-order chi connectivity index (χ0) is 17.5. The van der Waals surface area contributed by atoms with Crippen molar-refractivity contribution in [2.75, 3.05) is 7.11 Å². The van der Waals surface area contributed by atoms with Crippen molar-refractivity contribution in [3.8, 4) is 0 Å². The Balaban J connectivity index is 2.13. The monoisotopic (exact) mass is 347 g/mol. The summed E-state index contributed by atoms with van der Waals surface area (Å²) >= 11 is 5.83. The quantitative estimate of drug-likeness (QED) is 0.601. The molecule has 2 atom stereocenters. The molecule has 126 valence electrons. The third-order valence-corrected chi connectivity index (χ3v) is 3.72. The van der Waals surface area contributed by atoms with E-state index in [1.165, 1.54) is 7.11 Å². The van der Waals surface area contributed by atoms with Gasteiger partial charge in [0, 0.05) is 17.7 Å². The van der Waals surface area contributed by atoms with Gasteiger partial charge in [0.05, 0.1) is 6.21 Å². The van der Waals surface area contributed by atoms with E-state index in [0.29, 0.717) is 16.1 Å². The van der Waals surface area contributed by atoms with Crippen LogP contribution in [0.2, 0.25) is 5.02 Å². The van der Waals surface area contributed by atoms with Gasteiger partial charge in [0.2, 0.25) is 0 Å². The molecule has 0 aliphatic heterocycles. The Labute approximate surface area is 145 Å². The van der Waals surface area contributed by atoms with Gasteiger partial charge in [-0.05, 0) is 30.2 Å². The third kappa shape index (κ3) is 4.57. The van der Waals surface area contributed by atoms with E-state index in [-0.39, 0.29) is 0 Å². The maximum atomic E-state index is 11.3. The van der Waals surface area contributed by atoms with Gasteiger partial charge in [0.1, 0.15) is 6.10 Å². The van der Waals surface area contributed by atoms with E-state index in [1.54, 1.807) is 43.5 Å². The SMILES string of the molecule is COC(C(=O)O)c1ccccc1C(C)ON=Cc1ccc(Cl)cc1. The van der Waals surface area contributed by atoms with Crippen LogP contribution in [0.4, 0.5) is 0 Å². The van der Waals surface area contributed by atoms with E-state index >= 15 is 0 Å². The summed E-state index contributed by atoms with van der Waals surface area (Å²) in [4.78, 5) is 16.8. The molecule has 1 N–H and O–H groups in total. The summed E-state index contributed by atoms with van der Waals surface area (Å²) in [6.07, 6.45) is 0.0923. The van der Waals surface area contributed by atoms with Gasteiger partial charge in [-0.25, -0.2) is 4.79 Å². The number of nitrogens with zero attached hydrogens (tertiary/aromatic N) is 1. The second kappa shape index (κ2) is 8.47. The first-order valence-electron chi connectivity index (χ1n) is 7.32. The molecule has 2 unspecified atom stereocenters. The lowest BCUT2D eigenvalue weighted by Crippen LogP contribution is -2.16. The van der Waals surface area contributed by atoms with Gasteiger partial charge in [-0.15, -0.1) is 0 Å². The molecule has 6 heteroatoms. The van der Waals surface area contributed by atoms with Crippen molar-refractivity contribution < 1.29 is 19.5 Å². The summed E-state index contributed by atoms with van der Waals surface area (Å²) < 4.78 is 5.07. The number of hydrogen-bond acceptors (Lipinski definition) is 4. The second-order valence-electron chi connectivity index (χ2n) is 5.12. The number of carboxylic acid groups (broad SMARTS) is 1. The maximum absolute atomic E-state index is 11.3. The number of carboxylic acids is 1. The lowest BCUT2D eigenvalue weighted by atomic mass is 9.99. The Morgan fingerprint density at radius 1 is 1.17 bits per heavy atom. The fourth-order valence-electron chi connectivity index (χ4n) is 2.27. The fraction of sp³-hybridized carbons (Fsp3) is 0.222. The smallest absolute Gasteiger partial charge is 0.337 e. The Morgan fingerprint density at radius 3 is 2.38 bits per heavy atom. The van der Waals surface area contributed by atoms with E-state index in [1.807, 2.05) is 18.2 Å². The molecule has 0 aliphatic carbocycles. The van der Waals surface area contributed by atoms with Gasteiger partial charge in [0.15, 0.2) is 6.10 Å². The summed E-state index contributed by atoms with van der Waals surface area (Å²) in [7, 11) is 1.36. The number of hydrogen-bond donors (Lipinski definition) is 1. The molecule has 0 fully saturated rings. The van der Waals surface area contributed by atoms with Gasteiger partial charge in [-0.2, -0.15) is 0 Å². The van der Waals surface area contributed by atoms with Crippen molar-refractivity contribution in [3.63, 3.8) is 0 Å². The van der Waals surface area contributed by atoms with Crippen LogP contribution in [0.3, 0.4) is 0 Å². The molecule has 24 heavy (non-hydrogen) atoms. The van der Waals surface area contributed by atoms with E-state index in [2.05, 4.69) is 5.16 Å². The van der Waals surface area contributed by atoms with E-state index in [4.69, 9.17) is 21.2 Å². The molecule has 2 rings (SSSR count). The van der Waals surface area contributed by atoms with Crippen molar-refractivity contribution in [2.24, 2.45) is 5.16 Å². The topological polar surface area (TPSA) is 68.1 Å². The van der Waals surface area contributed by atoms with Crippen LogP contribution in [0, 0.1) is 0 Å². The predicted octanol–water partition coefficient (Wildman–Crippen LogP) is 4.22. The average molecular weight is 348 g/mol. The number of methoxy groups -OCH3 is 1. The molecule has 0 aliphatic rings. The Kier molecular flexibility index (Phi) is 6.35. The highest BCUT2D eigenvalue weighted by Crippen LogP contribution is 2.28. The van der Waals surface area contributed by atoms with Crippen LogP contribution >= 0.6 is 11.6 Å². The zero-order valence-corrected chi connectivity index (χ0v) is 14.1. The second-order valence-corrected chi connectivity index (χ2v) is 5.55. The summed E-state index contributed by atoms with van der Waals surface area (Å²) in [6.45, 7) is 1.80. The number of ether oxygens (including phenoxy) is 1. The highest BCUT2D eigenvalue weighted by atomic mass is 35.5. The van der Waals surface area contributed by atoms with Crippen molar-refractivity contribution in [3.05, 3.63) is 70.2 Å². The zero-order valence-electron chi connectivity index (χ0n) is 13.3. The summed E-state index contributed by atoms with van der Waals surface area (Å²) in [6, 6.07) is 14.2. The Morgan fingerprint density at radius 2 is 1.79 bits per heavy atom. The maximum Gasteiger partial charge on any atom is 0.337 e. The summed E-state index contributed by atoms with van der Waals surface area (Å²) in [5.74, 6) is -1.05. The molecule has 0 heterocycles. The minimum absolute atomic E-state index is 0.429. The lowest BCUT2D eigenvalue weighted by molar-refractivity contribution is -0.149. The normalized spacial score (nSPS) is 13.6. The molecule has 0 saturated heterocycles. The molecule has 5 nitrogen and oxygen atoms in total. The minimum Gasteiger partial charge on any atom is -0.479 e. The first-order chi connectivity index (χ1) is 11.5. The van der Waals surface area contributed by atoms with Crippen LogP contribution in [-0.4, -0.2) is 24.4 Å². The average Bonchev–Trinajstić information content (AvgIpc) is 2.57. The van der Waals surface area contributed by atoms with Crippen LogP contribution in [0.1, 0.15) is 35.8 Å². The summed E-state index contributed by atoms with van der Waals surface area (Å²) in [5, 5.41) is 13.9. The lowest BCUT2D eigenvalue weighted by Gasteiger charge is -2.18. The van der Waals surface area contributed by atoms with Gasteiger partial charge in [0.25, 0.3) is 0 Å². The van der Waals surface area contributed by atoms with Crippen LogP contribution in [0.25, 0.3) is 0 Å². The van der Waals surface area contributed by atoms with Crippen LogP contribution < -0.4 is 0 Å². The van der Waals surface area contributed by atoms with Crippen molar-refractivity contribution in [1.29, 1.82) is 0 Å². The number of benzene rings is 2. The van der Waals surface area contributed by atoms with Gasteiger partial charge in [-0.1, -0.05) is 53.2 Å². The molecule has 2 aromatic carbocycles. The van der Waals surface area contributed by atoms with Gasteiger partial charge >= 0.3 is 5.97 Å². The molecule has 0 bridgehead atoms. The van der Waals surface area contributed by atoms with Crippen molar-refractivity contribution in [2.45, 2.75) is 19.1 Å². The minimum atomic E-state index is -1.05. The highest BCUT2D eigenvalue weighted by Gasteiger charge is 2.24. The standard InChI is InChI=1S/C18H18ClNO4/c1-12(24-20-11-13-7-9-14(19)10-8-13)15-5-3-4-6-16(15)17(23-2)18(21)22/h3-12,17H,1-2H3,(H,21,22). The fourth-order valence-corrected chi connectivity index (χ4v) is 2.39.